The maximum Gasteiger partial charge on any atom is 0.415 e. The topological polar surface area (TPSA) is 45.7 Å². The van der Waals surface area contributed by atoms with E-state index in [1.54, 1.807) is 4.90 Å². The Morgan fingerprint density at radius 3 is 2.64 bits per heavy atom. The highest BCUT2D eigenvalue weighted by molar-refractivity contribution is 5.86. The van der Waals surface area contributed by atoms with Gasteiger partial charge in [0.25, 0.3) is 0 Å². The van der Waals surface area contributed by atoms with Crippen molar-refractivity contribution in [3.63, 3.8) is 0 Å². The normalized spacial score (nSPS) is 19.2. The maximum absolute atomic E-state index is 12.2. The van der Waals surface area contributed by atoms with E-state index in [-0.39, 0.29) is 6.09 Å². The standard InChI is InChI=1S/C17H27N3O2/c1-6-20(16(21)22-17(2,3)4)15-10-9-13(12-18-15)14-8-7-11-19(14)5/h9-10,12,14H,6-8,11H2,1-5H3. The number of hydrogen-bond acceptors (Lipinski definition) is 4. The summed E-state index contributed by atoms with van der Waals surface area (Å²) in [4.78, 5) is 20.6. The molecule has 1 amide bonds. The molecule has 5 nitrogen and oxygen atoms in total. The minimum absolute atomic E-state index is 0.353. The van der Waals surface area contributed by atoms with E-state index in [4.69, 9.17) is 4.74 Å². The molecule has 1 saturated heterocycles. The summed E-state index contributed by atoms with van der Waals surface area (Å²) >= 11 is 0. The van der Waals surface area contributed by atoms with Crippen LogP contribution in [0.5, 0.6) is 0 Å². The van der Waals surface area contributed by atoms with E-state index in [2.05, 4.69) is 23.0 Å². The number of ether oxygens (including phenoxy) is 1. The van der Waals surface area contributed by atoms with Gasteiger partial charge < -0.3 is 4.74 Å². The molecule has 1 aromatic rings. The molecule has 1 unspecified atom stereocenters. The molecule has 1 aliphatic rings. The van der Waals surface area contributed by atoms with Gasteiger partial charge in [-0.1, -0.05) is 6.07 Å². The van der Waals surface area contributed by atoms with E-state index in [1.165, 1.54) is 18.4 Å². The number of nitrogens with zero attached hydrogens (tertiary/aromatic N) is 3. The Kier molecular flexibility index (Phi) is 5.06. The molecular weight excluding hydrogens is 278 g/mol. The molecule has 1 atom stereocenters. The first kappa shape index (κ1) is 16.7. The largest absolute Gasteiger partial charge is 0.443 e. The second-order valence-corrected chi connectivity index (χ2v) is 6.81. The number of carbonyl (C=O) groups is 1. The van der Waals surface area contributed by atoms with E-state index in [1.807, 2.05) is 40.0 Å². The van der Waals surface area contributed by atoms with Crippen LogP contribution in [0.4, 0.5) is 10.6 Å². The number of rotatable bonds is 3. The van der Waals surface area contributed by atoms with Crippen molar-refractivity contribution in [3.05, 3.63) is 23.9 Å². The Hall–Kier alpha value is -1.62. The van der Waals surface area contributed by atoms with Crippen LogP contribution in [-0.2, 0) is 4.74 Å². The first-order valence-corrected chi connectivity index (χ1v) is 7.98. The van der Waals surface area contributed by atoms with Crippen LogP contribution in [0.3, 0.4) is 0 Å². The van der Waals surface area contributed by atoms with Crippen LogP contribution in [0.2, 0.25) is 0 Å². The number of hydrogen-bond donors (Lipinski definition) is 0. The van der Waals surface area contributed by atoms with Crippen LogP contribution in [0, 0.1) is 0 Å². The van der Waals surface area contributed by atoms with E-state index in [0.717, 1.165) is 6.54 Å². The van der Waals surface area contributed by atoms with E-state index in [9.17, 15) is 4.79 Å². The van der Waals surface area contributed by atoms with Gasteiger partial charge in [0, 0.05) is 18.8 Å². The van der Waals surface area contributed by atoms with Gasteiger partial charge >= 0.3 is 6.09 Å². The van der Waals surface area contributed by atoms with Gasteiger partial charge in [0.15, 0.2) is 0 Å². The predicted octanol–water partition coefficient (Wildman–Crippen LogP) is 3.61. The quantitative estimate of drug-likeness (QED) is 0.856. The number of carbonyl (C=O) groups excluding carboxylic acids is 1. The number of amides is 1. The molecule has 0 spiro atoms. The van der Waals surface area contributed by atoms with Gasteiger partial charge in [0.05, 0.1) is 0 Å². The number of aromatic nitrogens is 1. The highest BCUT2D eigenvalue weighted by Gasteiger charge is 2.25. The Labute approximate surface area is 133 Å². The van der Waals surface area contributed by atoms with Crippen LogP contribution in [0.15, 0.2) is 18.3 Å². The second-order valence-electron chi connectivity index (χ2n) is 6.81. The molecule has 1 fully saturated rings. The average molecular weight is 305 g/mol. The fraction of sp³-hybridized carbons (Fsp3) is 0.647. The molecule has 0 N–H and O–H groups in total. The fourth-order valence-corrected chi connectivity index (χ4v) is 2.79. The smallest absolute Gasteiger partial charge is 0.415 e. The zero-order valence-corrected chi connectivity index (χ0v) is 14.3. The Balaban J connectivity index is 2.12. The summed E-state index contributed by atoms with van der Waals surface area (Å²) in [5.41, 5.74) is 0.709. The maximum atomic E-state index is 12.2. The molecule has 0 aliphatic carbocycles. The minimum Gasteiger partial charge on any atom is -0.443 e. The Morgan fingerprint density at radius 1 is 1.45 bits per heavy atom. The molecular formula is C17H27N3O2. The number of pyridine rings is 1. The van der Waals surface area contributed by atoms with Crippen molar-refractivity contribution in [2.75, 3.05) is 25.0 Å². The van der Waals surface area contributed by atoms with Gasteiger partial charge in [-0.05, 0) is 65.8 Å². The van der Waals surface area contributed by atoms with Gasteiger partial charge in [-0.3, -0.25) is 9.80 Å². The molecule has 5 heteroatoms. The highest BCUT2D eigenvalue weighted by Crippen LogP contribution is 2.30. The van der Waals surface area contributed by atoms with Crippen molar-refractivity contribution in [2.24, 2.45) is 0 Å². The van der Waals surface area contributed by atoms with Crippen LogP contribution < -0.4 is 4.90 Å². The molecule has 0 radical (unpaired) electrons. The predicted molar refractivity (Wildman–Crippen MR) is 88.1 cm³/mol. The summed E-state index contributed by atoms with van der Waals surface area (Å²) in [6, 6.07) is 4.43. The van der Waals surface area contributed by atoms with Crippen LogP contribution in [0.1, 0.15) is 52.1 Å². The van der Waals surface area contributed by atoms with Gasteiger partial charge in [-0.2, -0.15) is 0 Å². The van der Waals surface area contributed by atoms with Crippen LogP contribution >= 0.6 is 0 Å². The fourth-order valence-electron chi connectivity index (χ4n) is 2.79. The summed E-state index contributed by atoms with van der Waals surface area (Å²) in [6.07, 6.45) is 3.92. The van der Waals surface area contributed by atoms with Crippen molar-refractivity contribution in [3.8, 4) is 0 Å². The summed E-state index contributed by atoms with van der Waals surface area (Å²) in [5.74, 6) is 0.640. The zero-order valence-electron chi connectivity index (χ0n) is 14.3. The Morgan fingerprint density at radius 2 is 2.18 bits per heavy atom. The molecule has 2 rings (SSSR count). The number of likely N-dealkylation sites (tertiary alicyclic amines) is 1. The molecule has 2 heterocycles. The lowest BCUT2D eigenvalue weighted by atomic mass is 10.1. The molecule has 22 heavy (non-hydrogen) atoms. The monoisotopic (exact) mass is 305 g/mol. The third-order valence-corrected chi connectivity index (χ3v) is 3.88. The van der Waals surface area contributed by atoms with Crippen LogP contribution in [-0.4, -0.2) is 41.7 Å². The average Bonchev–Trinajstić information content (AvgIpc) is 2.84. The van der Waals surface area contributed by atoms with Gasteiger partial charge in [0.1, 0.15) is 11.4 Å². The van der Waals surface area contributed by atoms with Crippen molar-refractivity contribution in [1.29, 1.82) is 0 Å². The molecule has 0 bridgehead atoms. The molecule has 1 aromatic heterocycles. The van der Waals surface area contributed by atoms with Crippen molar-refractivity contribution < 1.29 is 9.53 Å². The lowest BCUT2D eigenvalue weighted by Gasteiger charge is -2.26. The van der Waals surface area contributed by atoms with Crippen LogP contribution in [0.25, 0.3) is 0 Å². The van der Waals surface area contributed by atoms with Gasteiger partial charge in [-0.25, -0.2) is 9.78 Å². The summed E-state index contributed by atoms with van der Waals surface area (Å²) in [6.45, 7) is 9.18. The summed E-state index contributed by atoms with van der Waals surface area (Å²) in [5, 5.41) is 0. The first-order valence-electron chi connectivity index (χ1n) is 7.98. The van der Waals surface area contributed by atoms with Gasteiger partial charge in [-0.15, -0.1) is 0 Å². The van der Waals surface area contributed by atoms with Gasteiger partial charge in [0.2, 0.25) is 0 Å². The lowest BCUT2D eigenvalue weighted by Crippen LogP contribution is -2.37. The third kappa shape index (κ3) is 3.97. The SMILES string of the molecule is CCN(C(=O)OC(C)(C)C)c1ccc(C2CCCN2C)cn1. The highest BCUT2D eigenvalue weighted by atomic mass is 16.6. The minimum atomic E-state index is -0.503. The van der Waals surface area contributed by atoms with Crippen molar-refractivity contribution in [1.82, 2.24) is 9.88 Å². The van der Waals surface area contributed by atoms with E-state index in [0.29, 0.717) is 18.4 Å². The van der Waals surface area contributed by atoms with E-state index < -0.39 is 5.60 Å². The molecule has 0 saturated carbocycles. The number of anilines is 1. The summed E-state index contributed by atoms with van der Waals surface area (Å²) in [7, 11) is 2.14. The lowest BCUT2D eigenvalue weighted by molar-refractivity contribution is 0.0581. The summed E-state index contributed by atoms with van der Waals surface area (Å²) < 4.78 is 5.43. The third-order valence-electron chi connectivity index (χ3n) is 3.88. The molecule has 1 aliphatic heterocycles. The van der Waals surface area contributed by atoms with Crippen molar-refractivity contribution in [2.45, 2.75) is 52.2 Å². The zero-order chi connectivity index (χ0) is 16.3. The molecule has 122 valence electrons. The second kappa shape index (κ2) is 6.65. The molecule has 0 aromatic carbocycles. The van der Waals surface area contributed by atoms with E-state index >= 15 is 0 Å². The van der Waals surface area contributed by atoms with Crippen molar-refractivity contribution >= 4 is 11.9 Å². The Bertz CT molecular complexity index is 508. The first-order chi connectivity index (χ1) is 10.3.